The summed E-state index contributed by atoms with van der Waals surface area (Å²) in [6.07, 6.45) is 0. The van der Waals surface area contributed by atoms with E-state index in [-0.39, 0.29) is 0 Å². The maximum absolute atomic E-state index is 2.42. The Hall–Kier alpha value is -3.38. The zero-order valence-corrected chi connectivity index (χ0v) is 21.8. The molecule has 0 heterocycles. The largest absolute Gasteiger partial charge is 0.0563 e. The fourth-order valence-electron chi connectivity index (χ4n) is 5.60. The molecule has 5 aromatic rings. The van der Waals surface area contributed by atoms with E-state index in [2.05, 4.69) is 116 Å². The first kappa shape index (κ1) is 22.4. The van der Waals surface area contributed by atoms with E-state index in [1.165, 1.54) is 88.3 Å². The van der Waals surface area contributed by atoms with Crippen LogP contribution in [0.4, 0.5) is 0 Å². The number of benzene rings is 5. The quantitative estimate of drug-likeness (QED) is 0.239. The van der Waals surface area contributed by atoms with Crippen molar-refractivity contribution in [1.29, 1.82) is 0 Å². The number of aryl methyl sites for hydroxylation is 8. The molecular formula is C34H34. The summed E-state index contributed by atoms with van der Waals surface area (Å²) in [5.74, 6) is 0. The van der Waals surface area contributed by atoms with E-state index >= 15 is 0 Å². The van der Waals surface area contributed by atoms with Crippen LogP contribution in [-0.4, -0.2) is 0 Å². The third-order valence-electron chi connectivity index (χ3n) is 7.37. The molecule has 0 bridgehead atoms. The standard InChI is InChI=1S/C34H34/c1-19-9-20(2)12-27(11-19)33-31-17-25(7)23(5)15-29(31)30-16-24(6)26(8)18-32(30)34(33)28-13-21(3)10-22(4)14-28/h9-18H,1-8H3. The fraction of sp³-hybridized carbons (Fsp3) is 0.235. The SMILES string of the molecule is Cc1cc(C)cc(-c2c(-c3cc(C)cc(C)c3)c3cc(C)c(C)cc3c3cc(C)c(C)cc23)c1. The Morgan fingerprint density at radius 3 is 0.853 bits per heavy atom. The van der Waals surface area contributed by atoms with Gasteiger partial charge in [0, 0.05) is 0 Å². The van der Waals surface area contributed by atoms with E-state index in [1.54, 1.807) is 0 Å². The van der Waals surface area contributed by atoms with Crippen molar-refractivity contribution in [2.45, 2.75) is 55.4 Å². The summed E-state index contributed by atoms with van der Waals surface area (Å²) in [4.78, 5) is 0. The fourth-order valence-corrected chi connectivity index (χ4v) is 5.60. The molecule has 0 aliphatic carbocycles. The highest BCUT2D eigenvalue weighted by molar-refractivity contribution is 6.22. The summed E-state index contributed by atoms with van der Waals surface area (Å²) in [5.41, 5.74) is 15.9. The predicted octanol–water partition coefficient (Wildman–Crippen LogP) is 9.79. The van der Waals surface area contributed by atoms with Crippen LogP contribution in [0.5, 0.6) is 0 Å². The van der Waals surface area contributed by atoms with Crippen molar-refractivity contribution in [2.24, 2.45) is 0 Å². The third kappa shape index (κ3) is 3.72. The molecule has 0 aliphatic rings. The molecule has 0 amide bonds. The van der Waals surface area contributed by atoms with Crippen LogP contribution in [0.25, 0.3) is 43.8 Å². The first-order valence-corrected chi connectivity index (χ1v) is 12.3. The molecule has 0 aromatic heterocycles. The Balaban J connectivity index is 2.11. The highest BCUT2D eigenvalue weighted by Gasteiger charge is 2.20. The van der Waals surface area contributed by atoms with Crippen molar-refractivity contribution in [3.05, 3.63) is 105 Å². The molecular weight excluding hydrogens is 408 g/mol. The van der Waals surface area contributed by atoms with Gasteiger partial charge >= 0.3 is 0 Å². The van der Waals surface area contributed by atoms with Gasteiger partial charge in [-0.05, 0) is 121 Å². The smallest absolute Gasteiger partial charge is 0.00200 e. The molecule has 0 saturated heterocycles. The van der Waals surface area contributed by atoms with Crippen molar-refractivity contribution >= 4 is 21.5 Å². The first-order chi connectivity index (χ1) is 16.1. The molecule has 0 spiro atoms. The molecule has 0 N–H and O–H groups in total. The van der Waals surface area contributed by atoms with Crippen molar-refractivity contribution in [1.82, 2.24) is 0 Å². The molecule has 0 radical (unpaired) electrons. The van der Waals surface area contributed by atoms with E-state index in [9.17, 15) is 0 Å². The van der Waals surface area contributed by atoms with Gasteiger partial charge in [-0.25, -0.2) is 0 Å². The van der Waals surface area contributed by atoms with E-state index in [1.807, 2.05) is 0 Å². The average molecular weight is 443 g/mol. The predicted molar refractivity (Wildman–Crippen MR) is 150 cm³/mol. The van der Waals surface area contributed by atoms with Crippen LogP contribution < -0.4 is 0 Å². The Labute approximate surface area is 204 Å². The molecule has 0 atom stereocenters. The minimum absolute atomic E-state index is 1.30. The van der Waals surface area contributed by atoms with E-state index < -0.39 is 0 Å². The zero-order chi connectivity index (χ0) is 24.3. The van der Waals surface area contributed by atoms with Crippen LogP contribution in [0.15, 0.2) is 60.7 Å². The Kier molecular flexibility index (Phi) is 5.36. The van der Waals surface area contributed by atoms with Gasteiger partial charge < -0.3 is 0 Å². The maximum atomic E-state index is 2.42. The van der Waals surface area contributed by atoms with E-state index in [0.29, 0.717) is 0 Å². The highest BCUT2D eigenvalue weighted by atomic mass is 14.2. The Bertz CT molecular complexity index is 1450. The minimum Gasteiger partial charge on any atom is -0.0563 e. The maximum Gasteiger partial charge on any atom is -0.00200 e. The lowest BCUT2D eigenvalue weighted by atomic mass is 9.82. The number of hydrogen-bond acceptors (Lipinski definition) is 0. The zero-order valence-electron chi connectivity index (χ0n) is 21.8. The van der Waals surface area contributed by atoms with Gasteiger partial charge in [0.15, 0.2) is 0 Å². The highest BCUT2D eigenvalue weighted by Crippen LogP contribution is 2.46. The molecule has 5 aromatic carbocycles. The summed E-state index contributed by atoms with van der Waals surface area (Å²) >= 11 is 0. The molecule has 5 rings (SSSR count). The summed E-state index contributed by atoms with van der Waals surface area (Å²) in [6.45, 7) is 17.8. The Morgan fingerprint density at radius 2 is 0.559 bits per heavy atom. The summed E-state index contributed by atoms with van der Waals surface area (Å²) in [7, 11) is 0. The van der Waals surface area contributed by atoms with Gasteiger partial charge in [-0.15, -0.1) is 0 Å². The Morgan fingerprint density at radius 1 is 0.294 bits per heavy atom. The molecule has 0 fully saturated rings. The van der Waals surface area contributed by atoms with Gasteiger partial charge in [0.2, 0.25) is 0 Å². The lowest BCUT2D eigenvalue weighted by Gasteiger charge is -2.22. The van der Waals surface area contributed by atoms with Crippen LogP contribution in [0.3, 0.4) is 0 Å². The van der Waals surface area contributed by atoms with Crippen molar-refractivity contribution < 1.29 is 0 Å². The van der Waals surface area contributed by atoms with Crippen LogP contribution in [0.1, 0.15) is 44.5 Å². The topological polar surface area (TPSA) is 0 Å². The van der Waals surface area contributed by atoms with Gasteiger partial charge in [-0.3, -0.25) is 0 Å². The van der Waals surface area contributed by atoms with Crippen LogP contribution >= 0.6 is 0 Å². The summed E-state index contributed by atoms with van der Waals surface area (Å²) < 4.78 is 0. The van der Waals surface area contributed by atoms with Crippen LogP contribution in [-0.2, 0) is 0 Å². The van der Waals surface area contributed by atoms with E-state index in [4.69, 9.17) is 0 Å². The van der Waals surface area contributed by atoms with Crippen molar-refractivity contribution in [3.8, 4) is 22.3 Å². The molecule has 0 nitrogen and oxygen atoms in total. The first-order valence-electron chi connectivity index (χ1n) is 12.3. The van der Waals surface area contributed by atoms with Gasteiger partial charge in [-0.2, -0.15) is 0 Å². The van der Waals surface area contributed by atoms with Crippen LogP contribution in [0.2, 0.25) is 0 Å². The molecule has 0 heteroatoms. The van der Waals surface area contributed by atoms with Gasteiger partial charge in [0.1, 0.15) is 0 Å². The minimum atomic E-state index is 1.30. The van der Waals surface area contributed by atoms with Crippen molar-refractivity contribution in [2.75, 3.05) is 0 Å². The molecule has 34 heavy (non-hydrogen) atoms. The second-order valence-corrected chi connectivity index (χ2v) is 10.5. The molecule has 0 saturated carbocycles. The average Bonchev–Trinajstić information content (AvgIpc) is 2.74. The second kappa shape index (κ2) is 8.13. The second-order valence-electron chi connectivity index (χ2n) is 10.5. The van der Waals surface area contributed by atoms with Crippen LogP contribution in [0, 0.1) is 55.4 Å². The molecule has 0 unspecified atom stereocenters. The summed E-state index contributed by atoms with van der Waals surface area (Å²) in [5, 5.41) is 5.39. The molecule has 0 aliphatic heterocycles. The molecule has 170 valence electrons. The number of fused-ring (bicyclic) bond motifs is 3. The van der Waals surface area contributed by atoms with Gasteiger partial charge in [0.25, 0.3) is 0 Å². The number of hydrogen-bond donors (Lipinski definition) is 0. The lowest BCUT2D eigenvalue weighted by Crippen LogP contribution is -1.96. The lowest BCUT2D eigenvalue weighted by molar-refractivity contribution is 1.35. The van der Waals surface area contributed by atoms with Gasteiger partial charge in [0.05, 0.1) is 0 Å². The van der Waals surface area contributed by atoms with Crippen molar-refractivity contribution in [3.63, 3.8) is 0 Å². The monoisotopic (exact) mass is 442 g/mol. The number of rotatable bonds is 2. The van der Waals surface area contributed by atoms with E-state index in [0.717, 1.165) is 0 Å². The normalized spacial score (nSPS) is 11.5. The summed E-state index contributed by atoms with van der Waals surface area (Å²) in [6, 6.07) is 23.6. The third-order valence-corrected chi connectivity index (χ3v) is 7.37. The van der Waals surface area contributed by atoms with Gasteiger partial charge in [-0.1, -0.05) is 82.9 Å².